The van der Waals surface area contributed by atoms with E-state index in [1.54, 1.807) is 0 Å². The Labute approximate surface area is 113 Å². The highest BCUT2D eigenvalue weighted by Gasteiger charge is 2.14. The van der Waals surface area contributed by atoms with E-state index in [9.17, 15) is 14.9 Å². The summed E-state index contributed by atoms with van der Waals surface area (Å²) < 4.78 is 0. The topological polar surface area (TPSA) is 86.2 Å². The lowest BCUT2D eigenvalue weighted by Gasteiger charge is -2.00. The van der Waals surface area contributed by atoms with Crippen molar-refractivity contribution in [2.24, 2.45) is 0 Å². The molecular weight excluding hydrogens is 276 g/mol. The second-order valence-electron chi connectivity index (χ2n) is 3.23. The van der Waals surface area contributed by atoms with Gasteiger partial charge in [-0.05, 0) is 6.07 Å². The summed E-state index contributed by atoms with van der Waals surface area (Å²) in [5.41, 5.74) is 5.54. The van der Waals surface area contributed by atoms with Gasteiger partial charge in [-0.25, -0.2) is 0 Å². The molecule has 1 rings (SSSR count). The van der Waals surface area contributed by atoms with Crippen LogP contribution >= 0.6 is 23.4 Å². The number of nitro groups is 1. The van der Waals surface area contributed by atoms with Gasteiger partial charge in [0.15, 0.2) is 5.12 Å². The highest BCUT2D eigenvalue weighted by atomic mass is 35.5. The predicted molar refractivity (Wildman–Crippen MR) is 72.5 cm³/mol. The number of nitro benzene ring substituents is 1. The Morgan fingerprint density at radius 3 is 2.83 bits per heavy atom. The number of hydrogen-bond donors (Lipinski definition) is 1. The normalized spacial score (nSPS) is 9.44. The molecule has 0 spiro atoms. The molecule has 0 heterocycles. The van der Waals surface area contributed by atoms with Crippen molar-refractivity contribution in [1.82, 2.24) is 0 Å². The maximum Gasteiger partial charge on any atom is 0.293 e. The number of halogens is 1. The number of carbonyl (C=O) groups is 1. The molecule has 1 aromatic carbocycles. The molecule has 18 heavy (non-hydrogen) atoms. The van der Waals surface area contributed by atoms with Crippen LogP contribution in [0.2, 0.25) is 5.02 Å². The molecule has 0 amide bonds. The van der Waals surface area contributed by atoms with Gasteiger partial charge in [-0.2, -0.15) is 0 Å². The van der Waals surface area contributed by atoms with Crippen LogP contribution in [0.4, 0.5) is 11.4 Å². The molecular formula is C11H9ClN2O3S. The van der Waals surface area contributed by atoms with Crippen molar-refractivity contribution in [3.63, 3.8) is 0 Å². The van der Waals surface area contributed by atoms with Crippen molar-refractivity contribution in [2.45, 2.75) is 6.92 Å². The lowest BCUT2D eigenvalue weighted by Crippen LogP contribution is -1.96. The predicted octanol–water partition coefficient (Wildman–Crippen LogP) is 2.46. The minimum Gasteiger partial charge on any atom is -0.393 e. The second kappa shape index (κ2) is 6.28. The molecule has 7 heteroatoms. The Bertz CT molecular complexity index is 563. The number of anilines is 1. The Morgan fingerprint density at radius 1 is 1.61 bits per heavy atom. The molecule has 0 bridgehead atoms. The Hall–Kier alpha value is -1.71. The van der Waals surface area contributed by atoms with E-state index >= 15 is 0 Å². The minimum absolute atomic E-state index is 0.00587. The molecule has 0 aliphatic carbocycles. The number of benzene rings is 1. The van der Waals surface area contributed by atoms with Crippen molar-refractivity contribution < 1.29 is 9.72 Å². The summed E-state index contributed by atoms with van der Waals surface area (Å²) in [6.45, 7) is 1.44. The standard InChI is InChI=1S/C11H9ClN2O3S/c1-7(15)18-4-2-3-8-5-11(14(16)17)10(13)6-9(8)12/h5-6H,4,13H2,1H3. The molecule has 94 valence electrons. The van der Waals surface area contributed by atoms with Crippen LogP contribution < -0.4 is 5.73 Å². The summed E-state index contributed by atoms with van der Waals surface area (Å²) in [4.78, 5) is 20.8. The molecule has 0 fully saturated rings. The number of nitrogens with zero attached hydrogens (tertiary/aromatic N) is 1. The Morgan fingerprint density at radius 2 is 2.28 bits per heavy atom. The third-order valence-corrected chi connectivity index (χ3v) is 2.89. The molecule has 0 unspecified atom stereocenters. The first-order chi connectivity index (χ1) is 8.41. The van der Waals surface area contributed by atoms with Gasteiger partial charge in [0.2, 0.25) is 0 Å². The lowest BCUT2D eigenvalue weighted by atomic mass is 10.2. The summed E-state index contributed by atoms with van der Waals surface area (Å²) in [5, 5.41) is 10.9. The molecule has 0 radical (unpaired) electrons. The Balaban J connectivity index is 2.98. The minimum atomic E-state index is -0.596. The summed E-state index contributed by atoms with van der Waals surface area (Å²) in [6, 6.07) is 2.52. The van der Waals surface area contributed by atoms with Crippen LogP contribution in [0.15, 0.2) is 12.1 Å². The van der Waals surface area contributed by atoms with Gasteiger partial charge in [-0.3, -0.25) is 14.9 Å². The second-order valence-corrected chi connectivity index (χ2v) is 4.79. The van der Waals surface area contributed by atoms with Gasteiger partial charge in [0.25, 0.3) is 5.69 Å². The average Bonchev–Trinajstić information content (AvgIpc) is 2.25. The number of rotatable bonds is 2. The van der Waals surface area contributed by atoms with Gasteiger partial charge in [-0.1, -0.05) is 35.2 Å². The van der Waals surface area contributed by atoms with E-state index in [4.69, 9.17) is 17.3 Å². The van der Waals surface area contributed by atoms with E-state index in [1.807, 2.05) is 0 Å². The van der Waals surface area contributed by atoms with Gasteiger partial charge < -0.3 is 5.73 Å². The van der Waals surface area contributed by atoms with Crippen LogP contribution in [0.1, 0.15) is 12.5 Å². The SMILES string of the molecule is CC(=O)SCC#Cc1cc([N+](=O)[O-])c(N)cc1Cl. The highest BCUT2D eigenvalue weighted by molar-refractivity contribution is 8.13. The average molecular weight is 285 g/mol. The molecule has 0 saturated heterocycles. The van der Waals surface area contributed by atoms with Crippen molar-refractivity contribution in [2.75, 3.05) is 11.5 Å². The van der Waals surface area contributed by atoms with Crippen LogP contribution in [0.25, 0.3) is 0 Å². The first kappa shape index (κ1) is 14.4. The third-order valence-electron chi connectivity index (χ3n) is 1.88. The number of nitrogens with two attached hydrogens (primary N) is 1. The van der Waals surface area contributed by atoms with Crippen LogP contribution in [0.5, 0.6) is 0 Å². The summed E-state index contributed by atoms with van der Waals surface area (Å²) >= 11 is 6.92. The first-order valence-electron chi connectivity index (χ1n) is 4.77. The van der Waals surface area contributed by atoms with Crippen molar-refractivity contribution in [1.29, 1.82) is 0 Å². The summed E-state index contributed by atoms with van der Waals surface area (Å²) in [7, 11) is 0. The molecule has 0 saturated carbocycles. The fraction of sp³-hybridized carbons (Fsp3) is 0.182. The van der Waals surface area contributed by atoms with Crippen LogP contribution in [-0.4, -0.2) is 15.8 Å². The zero-order valence-corrected chi connectivity index (χ0v) is 11.0. The molecule has 1 aromatic rings. The monoisotopic (exact) mass is 284 g/mol. The number of thioether (sulfide) groups is 1. The highest BCUT2D eigenvalue weighted by Crippen LogP contribution is 2.28. The van der Waals surface area contributed by atoms with Gasteiger partial charge in [0.1, 0.15) is 5.69 Å². The molecule has 0 atom stereocenters. The van der Waals surface area contributed by atoms with Gasteiger partial charge in [0, 0.05) is 13.0 Å². The summed E-state index contributed by atoms with van der Waals surface area (Å²) in [5.74, 6) is 5.69. The molecule has 0 aliphatic rings. The Kier molecular flexibility index (Phi) is 5.01. The largest absolute Gasteiger partial charge is 0.393 e. The van der Waals surface area contributed by atoms with Gasteiger partial charge >= 0.3 is 0 Å². The van der Waals surface area contributed by atoms with Gasteiger partial charge in [0.05, 0.1) is 21.3 Å². The van der Waals surface area contributed by atoms with Gasteiger partial charge in [-0.15, -0.1) is 0 Å². The fourth-order valence-electron chi connectivity index (χ4n) is 1.10. The van der Waals surface area contributed by atoms with E-state index in [0.29, 0.717) is 11.3 Å². The molecule has 0 aliphatic heterocycles. The first-order valence-corrected chi connectivity index (χ1v) is 6.14. The maximum absolute atomic E-state index is 10.7. The number of carbonyl (C=O) groups excluding carboxylic acids is 1. The zero-order valence-electron chi connectivity index (χ0n) is 9.40. The lowest BCUT2D eigenvalue weighted by molar-refractivity contribution is -0.383. The van der Waals surface area contributed by atoms with Crippen LogP contribution in [0, 0.1) is 22.0 Å². The number of hydrogen-bond acceptors (Lipinski definition) is 5. The van der Waals surface area contributed by atoms with E-state index < -0.39 is 4.92 Å². The van der Waals surface area contributed by atoms with E-state index in [1.165, 1.54) is 19.1 Å². The van der Waals surface area contributed by atoms with E-state index in [0.717, 1.165) is 11.8 Å². The summed E-state index contributed by atoms with van der Waals surface area (Å²) in [6.07, 6.45) is 0. The van der Waals surface area contributed by atoms with E-state index in [2.05, 4.69) is 11.8 Å². The van der Waals surface area contributed by atoms with Crippen LogP contribution in [-0.2, 0) is 4.79 Å². The van der Waals surface area contributed by atoms with Crippen molar-refractivity contribution in [3.05, 3.63) is 32.8 Å². The third kappa shape index (κ3) is 3.95. The van der Waals surface area contributed by atoms with Crippen LogP contribution in [0.3, 0.4) is 0 Å². The zero-order chi connectivity index (χ0) is 13.7. The quantitative estimate of drug-likeness (QED) is 0.390. The number of nitrogen functional groups attached to an aromatic ring is 1. The van der Waals surface area contributed by atoms with Crippen molar-refractivity contribution >= 4 is 39.9 Å². The smallest absolute Gasteiger partial charge is 0.293 e. The molecule has 5 nitrogen and oxygen atoms in total. The van der Waals surface area contributed by atoms with E-state index in [-0.39, 0.29) is 21.5 Å². The van der Waals surface area contributed by atoms with Crippen molar-refractivity contribution in [3.8, 4) is 11.8 Å². The molecule has 2 N–H and O–H groups in total. The fourth-order valence-corrected chi connectivity index (χ4v) is 1.67. The maximum atomic E-state index is 10.7. The molecule has 0 aromatic heterocycles.